The van der Waals surface area contributed by atoms with E-state index in [0.29, 0.717) is 5.92 Å². The number of anilines is 3. The van der Waals surface area contributed by atoms with Crippen LogP contribution in [-0.4, -0.2) is 4.57 Å². The average molecular weight is 701 g/mol. The zero-order chi connectivity index (χ0) is 35.8. The SMILES string of the molecule is Cc1ccccc1Oc1cc(N(c2ccc(-n3c4ccccc4c4ccccc43)cc2)c2cccc3ccccc23)ccc1C1[C@H]2C[C@@H]3C[C@@H](C[C@@H]1C3)C2. The zero-order valence-corrected chi connectivity index (χ0v) is 30.7. The van der Waals surface area contributed by atoms with Gasteiger partial charge in [-0.2, -0.15) is 0 Å². The molecule has 0 spiro atoms. The van der Waals surface area contributed by atoms with Crippen LogP contribution in [0.3, 0.4) is 0 Å². The molecule has 3 heteroatoms. The Balaban J connectivity index is 1.08. The van der Waals surface area contributed by atoms with E-state index in [9.17, 15) is 0 Å². The van der Waals surface area contributed by atoms with Crippen molar-refractivity contribution in [3.63, 3.8) is 0 Å². The standard InChI is InChI=1S/C51H44N2O/c1-33-11-2-9-20-49(33)54-50-32-41(25-26-45(50)51-37-28-34-27-35(30-37)31-38(51)29-34)52(46-19-10-13-36-12-3-4-14-42(36)46)39-21-23-40(24-22-39)53-47-17-7-5-15-43(47)44-16-6-8-18-48(44)53/h2-26,32,34-35,37-38,51H,27-31H2,1H3/t34-,35+,37-,38-,51?. The van der Waals surface area contributed by atoms with Crippen LogP contribution in [0.25, 0.3) is 38.3 Å². The number of benzene rings is 7. The molecule has 0 radical (unpaired) electrons. The molecular weight excluding hydrogens is 657 g/mol. The van der Waals surface area contributed by atoms with Crippen molar-refractivity contribution in [2.75, 3.05) is 4.90 Å². The van der Waals surface area contributed by atoms with Gasteiger partial charge >= 0.3 is 0 Å². The summed E-state index contributed by atoms with van der Waals surface area (Å²) in [6.45, 7) is 2.16. The Labute approximate surface area is 317 Å². The Morgan fingerprint density at radius 1 is 0.519 bits per heavy atom. The predicted octanol–water partition coefficient (Wildman–Crippen LogP) is 14.0. The minimum atomic E-state index is 0.558. The summed E-state index contributed by atoms with van der Waals surface area (Å²) in [6, 6.07) is 57.6. The van der Waals surface area contributed by atoms with Crippen molar-refractivity contribution in [2.24, 2.45) is 23.7 Å². The maximum Gasteiger partial charge on any atom is 0.133 e. The van der Waals surface area contributed by atoms with E-state index in [-0.39, 0.29) is 0 Å². The molecule has 4 bridgehead atoms. The first-order valence-electron chi connectivity index (χ1n) is 19.9. The second kappa shape index (κ2) is 12.7. The number of hydrogen-bond acceptors (Lipinski definition) is 2. The van der Waals surface area contributed by atoms with E-state index in [0.717, 1.165) is 63.5 Å². The normalized spacial score (nSPS) is 21.6. The van der Waals surface area contributed by atoms with Crippen LogP contribution < -0.4 is 9.64 Å². The molecule has 3 nitrogen and oxygen atoms in total. The van der Waals surface area contributed by atoms with Gasteiger partial charge in [-0.3, -0.25) is 0 Å². The van der Waals surface area contributed by atoms with Crippen molar-refractivity contribution in [2.45, 2.75) is 44.9 Å². The lowest BCUT2D eigenvalue weighted by molar-refractivity contribution is -0.00335. The van der Waals surface area contributed by atoms with E-state index < -0.39 is 0 Å². The monoisotopic (exact) mass is 700 g/mol. The predicted molar refractivity (Wildman–Crippen MR) is 224 cm³/mol. The highest BCUT2D eigenvalue weighted by atomic mass is 16.5. The van der Waals surface area contributed by atoms with Gasteiger partial charge in [0, 0.05) is 39.3 Å². The van der Waals surface area contributed by atoms with Gasteiger partial charge in [-0.05, 0) is 140 Å². The van der Waals surface area contributed by atoms with Crippen LogP contribution >= 0.6 is 0 Å². The number of fused-ring (bicyclic) bond motifs is 4. The summed E-state index contributed by atoms with van der Waals surface area (Å²) >= 11 is 0. The van der Waals surface area contributed by atoms with Crippen LogP contribution in [0.2, 0.25) is 0 Å². The maximum atomic E-state index is 7.07. The number of nitrogens with zero attached hydrogens (tertiary/aromatic N) is 2. The Bertz CT molecular complexity index is 2600. The molecule has 0 amide bonds. The van der Waals surface area contributed by atoms with E-state index in [4.69, 9.17) is 4.74 Å². The van der Waals surface area contributed by atoms with Gasteiger partial charge in [-0.1, -0.05) is 97.1 Å². The molecule has 4 saturated carbocycles. The van der Waals surface area contributed by atoms with Crippen LogP contribution in [0, 0.1) is 30.6 Å². The summed E-state index contributed by atoms with van der Waals surface area (Å²) in [4.78, 5) is 2.43. The Hall–Kier alpha value is -5.80. The third-order valence-electron chi connectivity index (χ3n) is 13.1. The van der Waals surface area contributed by atoms with Gasteiger partial charge < -0.3 is 14.2 Å². The Kier molecular flexibility index (Phi) is 7.43. The summed E-state index contributed by atoms with van der Waals surface area (Å²) < 4.78 is 9.46. The van der Waals surface area contributed by atoms with Crippen LogP contribution in [-0.2, 0) is 0 Å². The minimum Gasteiger partial charge on any atom is -0.457 e. The van der Waals surface area contributed by atoms with E-state index in [1.807, 2.05) is 0 Å². The fourth-order valence-electron chi connectivity index (χ4n) is 11.0. The molecule has 4 aliphatic carbocycles. The second-order valence-corrected chi connectivity index (χ2v) is 16.3. The van der Waals surface area contributed by atoms with Crippen molar-refractivity contribution < 1.29 is 4.74 Å². The maximum absolute atomic E-state index is 7.07. The molecule has 7 aromatic carbocycles. The van der Waals surface area contributed by atoms with E-state index in [1.54, 1.807) is 0 Å². The molecule has 0 N–H and O–H groups in total. The molecule has 264 valence electrons. The molecule has 8 aromatic rings. The smallest absolute Gasteiger partial charge is 0.133 e. The van der Waals surface area contributed by atoms with Crippen molar-refractivity contribution in [3.05, 3.63) is 169 Å². The molecule has 12 rings (SSSR count). The second-order valence-electron chi connectivity index (χ2n) is 16.3. The Morgan fingerprint density at radius 3 is 1.81 bits per heavy atom. The largest absolute Gasteiger partial charge is 0.457 e. The van der Waals surface area contributed by atoms with Gasteiger partial charge in [-0.15, -0.1) is 0 Å². The third-order valence-corrected chi connectivity index (χ3v) is 13.1. The van der Waals surface area contributed by atoms with Gasteiger partial charge in [0.15, 0.2) is 0 Å². The molecule has 0 saturated heterocycles. The summed E-state index contributed by atoms with van der Waals surface area (Å²) in [5.41, 5.74) is 9.51. The lowest BCUT2D eigenvalue weighted by Gasteiger charge is -2.54. The van der Waals surface area contributed by atoms with Crippen molar-refractivity contribution in [1.82, 2.24) is 4.57 Å². The zero-order valence-electron chi connectivity index (χ0n) is 30.7. The van der Waals surface area contributed by atoms with Gasteiger partial charge in [0.25, 0.3) is 0 Å². The van der Waals surface area contributed by atoms with Crippen molar-refractivity contribution in [3.8, 4) is 17.2 Å². The Morgan fingerprint density at radius 2 is 1.11 bits per heavy atom. The summed E-state index contributed by atoms with van der Waals surface area (Å²) in [7, 11) is 0. The topological polar surface area (TPSA) is 17.4 Å². The fourth-order valence-corrected chi connectivity index (χ4v) is 11.0. The van der Waals surface area contributed by atoms with Gasteiger partial charge in [0.2, 0.25) is 0 Å². The summed E-state index contributed by atoms with van der Waals surface area (Å²) in [5.74, 6) is 5.87. The average Bonchev–Trinajstić information content (AvgIpc) is 3.54. The summed E-state index contributed by atoms with van der Waals surface area (Å²) in [6.07, 6.45) is 6.97. The third kappa shape index (κ3) is 5.16. The first-order chi connectivity index (χ1) is 26.7. The molecule has 4 aliphatic rings. The lowest BCUT2D eigenvalue weighted by Crippen LogP contribution is -2.43. The van der Waals surface area contributed by atoms with Gasteiger partial charge in [-0.25, -0.2) is 0 Å². The fraction of sp³-hybridized carbons (Fsp3) is 0.216. The van der Waals surface area contributed by atoms with Gasteiger partial charge in [0.05, 0.1) is 16.7 Å². The number of ether oxygens (including phenoxy) is 1. The highest BCUT2D eigenvalue weighted by Crippen LogP contribution is 2.61. The lowest BCUT2D eigenvalue weighted by atomic mass is 9.50. The molecule has 0 unspecified atom stereocenters. The molecule has 0 aliphatic heterocycles. The molecule has 1 aromatic heterocycles. The van der Waals surface area contributed by atoms with E-state index in [2.05, 4.69) is 174 Å². The molecule has 0 atom stereocenters. The first kappa shape index (κ1) is 31.7. The van der Waals surface area contributed by atoms with E-state index in [1.165, 1.54) is 70.2 Å². The van der Waals surface area contributed by atoms with Crippen LogP contribution in [0.4, 0.5) is 17.1 Å². The number of aromatic nitrogens is 1. The quantitative estimate of drug-likeness (QED) is 0.165. The van der Waals surface area contributed by atoms with Crippen LogP contribution in [0.1, 0.15) is 49.1 Å². The molecule has 1 heterocycles. The number of hydrogen-bond donors (Lipinski definition) is 0. The van der Waals surface area contributed by atoms with Crippen LogP contribution in [0.15, 0.2) is 158 Å². The number of para-hydroxylation sites is 3. The van der Waals surface area contributed by atoms with Crippen molar-refractivity contribution in [1.29, 1.82) is 0 Å². The molecule has 54 heavy (non-hydrogen) atoms. The highest BCUT2D eigenvalue weighted by Gasteiger charge is 2.49. The first-order valence-corrected chi connectivity index (χ1v) is 19.9. The highest BCUT2D eigenvalue weighted by molar-refractivity contribution is 6.09. The molecule has 4 fully saturated rings. The van der Waals surface area contributed by atoms with E-state index >= 15 is 0 Å². The number of rotatable bonds is 7. The number of aryl methyl sites for hydroxylation is 1. The summed E-state index contributed by atoms with van der Waals surface area (Å²) in [5, 5.41) is 4.99. The van der Waals surface area contributed by atoms with Crippen molar-refractivity contribution >= 4 is 49.6 Å². The van der Waals surface area contributed by atoms with Crippen LogP contribution in [0.5, 0.6) is 11.5 Å². The van der Waals surface area contributed by atoms with Gasteiger partial charge in [0.1, 0.15) is 11.5 Å². The minimum absolute atomic E-state index is 0.558. The molecular formula is C51H44N2O.